The summed E-state index contributed by atoms with van der Waals surface area (Å²) in [6.45, 7) is 0.832. The van der Waals surface area contributed by atoms with E-state index in [4.69, 9.17) is 4.42 Å². The van der Waals surface area contributed by atoms with Gasteiger partial charge in [-0.25, -0.2) is 8.42 Å². The number of anilines is 1. The lowest BCUT2D eigenvalue weighted by Gasteiger charge is -2.17. The second kappa shape index (κ2) is 7.43. The van der Waals surface area contributed by atoms with Crippen LogP contribution in [0.1, 0.15) is 30.6 Å². The average Bonchev–Trinajstić information content (AvgIpc) is 3.24. The van der Waals surface area contributed by atoms with Gasteiger partial charge in [0.15, 0.2) is 9.84 Å². The molecule has 1 aromatic heterocycles. The molecule has 2 amide bonds. The summed E-state index contributed by atoms with van der Waals surface area (Å²) >= 11 is 0. The molecule has 1 aliphatic heterocycles. The lowest BCUT2D eigenvalue weighted by atomic mass is 10.2. The van der Waals surface area contributed by atoms with E-state index in [0.717, 1.165) is 24.1 Å². The molecule has 0 radical (unpaired) electrons. The molecule has 0 spiro atoms. The highest BCUT2D eigenvalue weighted by atomic mass is 32.2. The molecule has 1 aromatic carbocycles. The predicted molar refractivity (Wildman–Crippen MR) is 102 cm³/mol. The first kappa shape index (κ1) is 18.7. The quantitative estimate of drug-likeness (QED) is 0.765. The Bertz CT molecular complexity index is 994. The van der Waals surface area contributed by atoms with Crippen molar-refractivity contribution in [2.75, 3.05) is 17.2 Å². The maximum Gasteiger partial charge on any atom is 0.230 e. The van der Waals surface area contributed by atoms with Gasteiger partial charge in [-0.3, -0.25) is 9.59 Å². The van der Waals surface area contributed by atoms with Crippen LogP contribution in [0.15, 0.2) is 45.9 Å². The molecule has 0 saturated heterocycles. The minimum atomic E-state index is -3.58. The highest BCUT2D eigenvalue weighted by molar-refractivity contribution is 7.91. The first-order valence-electron chi connectivity index (χ1n) is 9.40. The molecule has 28 heavy (non-hydrogen) atoms. The minimum Gasteiger partial charge on any atom is -0.467 e. The molecule has 0 unspecified atom stereocenters. The van der Waals surface area contributed by atoms with Crippen molar-refractivity contribution in [3.05, 3.63) is 47.9 Å². The molecule has 148 valence electrons. The largest absolute Gasteiger partial charge is 0.467 e. The van der Waals surface area contributed by atoms with E-state index in [1.54, 1.807) is 29.2 Å². The molecule has 4 rings (SSSR count). The predicted octanol–water partition coefficient (Wildman–Crippen LogP) is 2.06. The normalized spacial score (nSPS) is 16.1. The van der Waals surface area contributed by atoms with Crippen molar-refractivity contribution in [1.82, 2.24) is 5.32 Å². The summed E-state index contributed by atoms with van der Waals surface area (Å²) in [6.07, 6.45) is 3.94. The summed E-state index contributed by atoms with van der Waals surface area (Å²) < 4.78 is 30.4. The van der Waals surface area contributed by atoms with Crippen molar-refractivity contribution < 1.29 is 22.4 Å². The highest BCUT2D eigenvalue weighted by Crippen LogP contribution is 2.37. The van der Waals surface area contributed by atoms with Gasteiger partial charge in [-0.2, -0.15) is 0 Å². The minimum absolute atomic E-state index is 0.119. The third kappa shape index (κ3) is 3.96. The molecule has 2 aromatic rings. The fourth-order valence-electron chi connectivity index (χ4n) is 3.38. The van der Waals surface area contributed by atoms with Crippen molar-refractivity contribution in [3.63, 3.8) is 0 Å². The number of hydrogen-bond acceptors (Lipinski definition) is 5. The van der Waals surface area contributed by atoms with Crippen LogP contribution in [0.4, 0.5) is 5.69 Å². The fourth-order valence-corrected chi connectivity index (χ4v) is 4.67. The van der Waals surface area contributed by atoms with Crippen LogP contribution in [0.25, 0.3) is 0 Å². The van der Waals surface area contributed by atoms with Gasteiger partial charge in [0.25, 0.3) is 0 Å². The van der Waals surface area contributed by atoms with E-state index >= 15 is 0 Å². The second-order valence-electron chi connectivity index (χ2n) is 7.23. The fraction of sp³-hybridized carbons (Fsp3) is 0.400. The van der Waals surface area contributed by atoms with Crippen molar-refractivity contribution >= 4 is 27.3 Å². The zero-order valence-corrected chi connectivity index (χ0v) is 16.2. The summed E-state index contributed by atoms with van der Waals surface area (Å²) in [7, 11) is -3.58. The number of furan rings is 1. The Labute approximate surface area is 163 Å². The first-order chi connectivity index (χ1) is 13.4. The van der Waals surface area contributed by atoms with Crippen LogP contribution in [0.3, 0.4) is 0 Å². The second-order valence-corrected chi connectivity index (χ2v) is 9.34. The van der Waals surface area contributed by atoms with Gasteiger partial charge < -0.3 is 14.6 Å². The number of carbonyl (C=O) groups is 2. The third-order valence-electron chi connectivity index (χ3n) is 5.14. The Kier molecular flexibility index (Phi) is 4.97. The van der Waals surface area contributed by atoms with Gasteiger partial charge in [0.1, 0.15) is 5.76 Å². The molecule has 1 saturated carbocycles. The SMILES string of the molecule is O=C(CCS(=O)(=O)c1ccc2c(c1)CCN2C(=O)C1CC1)NCc1ccco1. The molecular formula is C20H22N2O5S. The molecular weight excluding hydrogens is 380 g/mol. The monoisotopic (exact) mass is 402 g/mol. The number of hydrogen-bond donors (Lipinski definition) is 1. The summed E-state index contributed by atoms with van der Waals surface area (Å²) in [6, 6.07) is 8.35. The smallest absolute Gasteiger partial charge is 0.230 e. The first-order valence-corrected chi connectivity index (χ1v) is 11.1. The van der Waals surface area contributed by atoms with Gasteiger partial charge in [0, 0.05) is 24.6 Å². The molecule has 2 aliphatic rings. The van der Waals surface area contributed by atoms with E-state index in [2.05, 4.69) is 5.32 Å². The van der Waals surface area contributed by atoms with Crippen LogP contribution in [0.5, 0.6) is 0 Å². The van der Waals surface area contributed by atoms with Gasteiger partial charge in [0.2, 0.25) is 11.8 Å². The number of sulfone groups is 1. The van der Waals surface area contributed by atoms with E-state index in [1.807, 2.05) is 0 Å². The zero-order chi connectivity index (χ0) is 19.7. The van der Waals surface area contributed by atoms with Crippen molar-refractivity contribution in [1.29, 1.82) is 0 Å². The van der Waals surface area contributed by atoms with E-state index in [-0.39, 0.29) is 41.3 Å². The number of carbonyl (C=O) groups excluding carboxylic acids is 2. The Morgan fingerprint density at radius 1 is 1.21 bits per heavy atom. The Hall–Kier alpha value is -2.61. The lowest BCUT2D eigenvalue weighted by Crippen LogP contribution is -2.30. The van der Waals surface area contributed by atoms with Crippen molar-refractivity contribution in [2.24, 2.45) is 5.92 Å². The average molecular weight is 402 g/mol. The maximum absolute atomic E-state index is 12.6. The van der Waals surface area contributed by atoms with E-state index in [0.29, 0.717) is 18.7 Å². The van der Waals surface area contributed by atoms with Crippen LogP contribution in [0.2, 0.25) is 0 Å². The van der Waals surface area contributed by atoms with Crippen molar-refractivity contribution in [2.45, 2.75) is 37.1 Å². The number of nitrogens with zero attached hydrogens (tertiary/aromatic N) is 1. The molecule has 0 bridgehead atoms. The van der Waals surface area contributed by atoms with Gasteiger partial charge in [-0.15, -0.1) is 0 Å². The number of rotatable bonds is 7. The third-order valence-corrected chi connectivity index (χ3v) is 6.85. The number of amides is 2. The molecule has 2 heterocycles. The van der Waals surface area contributed by atoms with Crippen LogP contribution in [-0.2, 0) is 32.4 Å². The topological polar surface area (TPSA) is 96.7 Å². The Morgan fingerprint density at radius 2 is 2.04 bits per heavy atom. The Morgan fingerprint density at radius 3 is 2.75 bits per heavy atom. The lowest BCUT2D eigenvalue weighted by molar-refractivity contribution is -0.121. The summed E-state index contributed by atoms with van der Waals surface area (Å²) in [5, 5.41) is 2.64. The molecule has 0 atom stereocenters. The number of benzene rings is 1. The zero-order valence-electron chi connectivity index (χ0n) is 15.4. The Balaban J connectivity index is 1.38. The molecule has 8 heteroatoms. The van der Waals surface area contributed by atoms with E-state index in [1.165, 1.54) is 12.3 Å². The summed E-state index contributed by atoms with van der Waals surface area (Å²) in [5.74, 6) is 0.277. The molecule has 1 fully saturated rings. The standard InChI is InChI=1S/C20H22N2O5S/c23-19(21-13-16-2-1-10-27-16)8-11-28(25,26)17-5-6-18-15(12-17)7-9-22(18)20(24)14-3-4-14/h1-2,5-6,10,12,14H,3-4,7-9,11,13H2,(H,21,23). The van der Waals surface area contributed by atoms with Gasteiger partial charge in [-0.1, -0.05) is 0 Å². The van der Waals surface area contributed by atoms with Crippen molar-refractivity contribution in [3.8, 4) is 0 Å². The maximum atomic E-state index is 12.6. The van der Waals surface area contributed by atoms with Crippen LogP contribution in [-0.4, -0.2) is 32.5 Å². The van der Waals surface area contributed by atoms with Gasteiger partial charge in [0.05, 0.1) is 23.5 Å². The summed E-state index contributed by atoms with van der Waals surface area (Å²) in [4.78, 5) is 26.2. The number of nitrogens with one attached hydrogen (secondary N) is 1. The molecule has 1 N–H and O–H groups in total. The van der Waals surface area contributed by atoms with Gasteiger partial charge >= 0.3 is 0 Å². The van der Waals surface area contributed by atoms with Crippen LogP contribution in [0, 0.1) is 5.92 Å². The summed E-state index contributed by atoms with van der Waals surface area (Å²) in [5.41, 5.74) is 1.68. The van der Waals surface area contributed by atoms with Crippen LogP contribution < -0.4 is 10.2 Å². The number of fused-ring (bicyclic) bond motifs is 1. The van der Waals surface area contributed by atoms with Crippen LogP contribution >= 0.6 is 0 Å². The van der Waals surface area contributed by atoms with E-state index in [9.17, 15) is 18.0 Å². The molecule has 7 nitrogen and oxygen atoms in total. The highest BCUT2D eigenvalue weighted by Gasteiger charge is 2.36. The van der Waals surface area contributed by atoms with Gasteiger partial charge in [-0.05, 0) is 55.2 Å². The van der Waals surface area contributed by atoms with E-state index < -0.39 is 9.84 Å². The molecule has 1 aliphatic carbocycles.